The third-order valence-corrected chi connectivity index (χ3v) is 4.60. The van der Waals surface area contributed by atoms with E-state index in [0.717, 1.165) is 5.56 Å². The van der Waals surface area contributed by atoms with E-state index in [9.17, 15) is 10.1 Å². The van der Waals surface area contributed by atoms with Crippen molar-refractivity contribution in [3.05, 3.63) is 23.8 Å². The molecule has 136 valence electrons. The number of nitriles is 1. The number of likely N-dealkylation sites (tertiary alicyclic amines) is 1. The van der Waals surface area contributed by atoms with Gasteiger partial charge in [0.1, 0.15) is 0 Å². The summed E-state index contributed by atoms with van der Waals surface area (Å²) >= 11 is 0. The molecule has 0 radical (unpaired) electrons. The van der Waals surface area contributed by atoms with E-state index in [2.05, 4.69) is 6.07 Å². The van der Waals surface area contributed by atoms with Gasteiger partial charge in [-0.2, -0.15) is 5.26 Å². The van der Waals surface area contributed by atoms with Crippen LogP contribution in [0.3, 0.4) is 0 Å². The molecule has 1 aromatic carbocycles. The predicted octanol–water partition coefficient (Wildman–Crippen LogP) is 2.51. The Hall–Kier alpha value is -2.26. The zero-order chi connectivity index (χ0) is 18.3. The molecule has 2 rings (SSSR count). The van der Waals surface area contributed by atoms with Gasteiger partial charge in [0.05, 0.1) is 38.4 Å². The molecule has 1 aromatic rings. The molecule has 0 spiro atoms. The van der Waals surface area contributed by atoms with Gasteiger partial charge < -0.3 is 14.2 Å². The molecule has 0 atom stereocenters. The van der Waals surface area contributed by atoms with Gasteiger partial charge >= 0.3 is 5.97 Å². The standard InChI is InChI=1S/C19H26N2O4/c1-4-24-17-12-15(6-7-16(17)23-3)19(14-20)8-10-21(11-9-19)13-18(22)25-5-2/h6-7,12H,4-5,8-11,13H2,1-3H3. The number of hydrogen-bond donors (Lipinski definition) is 0. The lowest BCUT2D eigenvalue weighted by Gasteiger charge is -2.37. The Kier molecular flexibility index (Phi) is 6.65. The predicted molar refractivity (Wildman–Crippen MR) is 93.8 cm³/mol. The first-order chi connectivity index (χ1) is 12.1. The summed E-state index contributed by atoms with van der Waals surface area (Å²) in [4.78, 5) is 13.7. The Bertz CT molecular complexity index is 631. The summed E-state index contributed by atoms with van der Waals surface area (Å²) in [6, 6.07) is 8.20. The zero-order valence-electron chi connectivity index (χ0n) is 15.2. The van der Waals surface area contributed by atoms with Crippen molar-refractivity contribution < 1.29 is 19.0 Å². The maximum absolute atomic E-state index is 11.6. The molecule has 0 amide bonds. The Morgan fingerprint density at radius 2 is 1.96 bits per heavy atom. The molecule has 1 saturated heterocycles. The lowest BCUT2D eigenvalue weighted by Crippen LogP contribution is -2.44. The molecule has 25 heavy (non-hydrogen) atoms. The number of carbonyl (C=O) groups is 1. The van der Waals surface area contributed by atoms with Crippen LogP contribution in [-0.2, 0) is 14.9 Å². The third kappa shape index (κ3) is 4.43. The van der Waals surface area contributed by atoms with Crippen molar-refractivity contribution in [3.63, 3.8) is 0 Å². The molecule has 1 fully saturated rings. The highest BCUT2D eigenvalue weighted by molar-refractivity contribution is 5.71. The second kappa shape index (κ2) is 8.72. The highest BCUT2D eigenvalue weighted by Crippen LogP contribution is 2.39. The Morgan fingerprint density at radius 3 is 2.52 bits per heavy atom. The van der Waals surface area contributed by atoms with Crippen LogP contribution in [0.5, 0.6) is 11.5 Å². The van der Waals surface area contributed by atoms with Crippen LogP contribution in [0.2, 0.25) is 0 Å². The lowest BCUT2D eigenvalue weighted by molar-refractivity contribution is -0.144. The molecule has 1 aliphatic rings. The molecule has 1 heterocycles. The number of benzene rings is 1. The van der Waals surface area contributed by atoms with Crippen LogP contribution in [0, 0.1) is 11.3 Å². The van der Waals surface area contributed by atoms with Crippen molar-refractivity contribution in [2.45, 2.75) is 32.1 Å². The van der Waals surface area contributed by atoms with Crippen LogP contribution in [-0.4, -0.2) is 50.8 Å². The van der Waals surface area contributed by atoms with Crippen molar-refractivity contribution in [1.82, 2.24) is 4.90 Å². The number of ether oxygens (including phenoxy) is 3. The maximum Gasteiger partial charge on any atom is 0.320 e. The number of methoxy groups -OCH3 is 1. The second-order valence-corrected chi connectivity index (χ2v) is 6.07. The fraction of sp³-hybridized carbons (Fsp3) is 0.579. The van der Waals surface area contributed by atoms with Gasteiger partial charge in [-0.25, -0.2) is 0 Å². The van der Waals surface area contributed by atoms with Gasteiger partial charge in [0.15, 0.2) is 11.5 Å². The maximum atomic E-state index is 11.6. The van der Waals surface area contributed by atoms with Gasteiger partial charge in [0.2, 0.25) is 0 Å². The van der Waals surface area contributed by atoms with Crippen molar-refractivity contribution in [2.24, 2.45) is 0 Å². The minimum absolute atomic E-state index is 0.213. The summed E-state index contributed by atoms with van der Waals surface area (Å²) in [5.41, 5.74) is 0.374. The fourth-order valence-electron chi connectivity index (χ4n) is 3.19. The first-order valence-corrected chi connectivity index (χ1v) is 8.69. The summed E-state index contributed by atoms with van der Waals surface area (Å²) in [6.07, 6.45) is 1.33. The summed E-state index contributed by atoms with van der Waals surface area (Å²) in [5, 5.41) is 9.86. The van der Waals surface area contributed by atoms with Gasteiger partial charge in [-0.1, -0.05) is 6.07 Å². The number of esters is 1. The summed E-state index contributed by atoms with van der Waals surface area (Å²) in [6.45, 7) is 6.29. The Balaban J connectivity index is 2.13. The number of piperidine rings is 1. The van der Waals surface area contributed by atoms with Crippen LogP contribution in [0.4, 0.5) is 0 Å². The molecule has 0 unspecified atom stereocenters. The zero-order valence-corrected chi connectivity index (χ0v) is 15.2. The average Bonchev–Trinajstić information content (AvgIpc) is 2.63. The first kappa shape index (κ1) is 19.1. The van der Waals surface area contributed by atoms with E-state index in [0.29, 0.717) is 50.6 Å². The molecular weight excluding hydrogens is 320 g/mol. The highest BCUT2D eigenvalue weighted by Gasteiger charge is 2.37. The number of hydrogen-bond acceptors (Lipinski definition) is 6. The lowest BCUT2D eigenvalue weighted by atomic mass is 9.74. The highest BCUT2D eigenvalue weighted by atomic mass is 16.5. The van der Waals surface area contributed by atoms with E-state index in [4.69, 9.17) is 14.2 Å². The van der Waals surface area contributed by atoms with Crippen LogP contribution in [0.15, 0.2) is 18.2 Å². The van der Waals surface area contributed by atoms with E-state index in [1.807, 2.05) is 30.0 Å². The fourth-order valence-corrected chi connectivity index (χ4v) is 3.19. The van der Waals surface area contributed by atoms with Gasteiger partial charge in [0.25, 0.3) is 0 Å². The molecule has 6 heteroatoms. The largest absolute Gasteiger partial charge is 0.493 e. The van der Waals surface area contributed by atoms with E-state index in [-0.39, 0.29) is 12.5 Å². The van der Waals surface area contributed by atoms with Crippen LogP contribution < -0.4 is 9.47 Å². The summed E-state index contributed by atoms with van der Waals surface area (Å²) in [7, 11) is 1.60. The molecule has 0 aliphatic carbocycles. The minimum atomic E-state index is -0.566. The van der Waals surface area contributed by atoms with Gasteiger partial charge in [-0.05, 0) is 44.4 Å². The van der Waals surface area contributed by atoms with Crippen molar-refractivity contribution in [1.29, 1.82) is 5.26 Å². The van der Waals surface area contributed by atoms with Gasteiger partial charge in [-0.15, -0.1) is 0 Å². The topological polar surface area (TPSA) is 71.8 Å². The quantitative estimate of drug-likeness (QED) is 0.707. The third-order valence-electron chi connectivity index (χ3n) is 4.60. The molecule has 1 aliphatic heterocycles. The van der Waals surface area contributed by atoms with Crippen molar-refractivity contribution in [3.8, 4) is 17.6 Å². The second-order valence-electron chi connectivity index (χ2n) is 6.07. The van der Waals surface area contributed by atoms with Gasteiger partial charge in [0, 0.05) is 13.1 Å². The van der Waals surface area contributed by atoms with Crippen LogP contribution >= 0.6 is 0 Å². The van der Waals surface area contributed by atoms with Crippen LogP contribution in [0.25, 0.3) is 0 Å². The SMILES string of the molecule is CCOC(=O)CN1CCC(C#N)(c2ccc(OC)c(OCC)c2)CC1. The molecule has 0 bridgehead atoms. The van der Waals surface area contributed by atoms with Gasteiger partial charge in [-0.3, -0.25) is 9.69 Å². The number of carbonyl (C=O) groups excluding carboxylic acids is 1. The van der Waals surface area contributed by atoms with Crippen LogP contribution in [0.1, 0.15) is 32.3 Å². The molecule has 6 nitrogen and oxygen atoms in total. The molecule has 0 aromatic heterocycles. The monoisotopic (exact) mass is 346 g/mol. The van der Waals surface area contributed by atoms with E-state index in [1.54, 1.807) is 14.0 Å². The number of rotatable bonds is 7. The molecular formula is C19H26N2O4. The van der Waals surface area contributed by atoms with E-state index >= 15 is 0 Å². The Labute approximate surface area is 149 Å². The smallest absolute Gasteiger partial charge is 0.320 e. The number of nitrogens with zero attached hydrogens (tertiary/aromatic N) is 2. The normalized spacial score (nSPS) is 16.7. The molecule has 0 N–H and O–H groups in total. The summed E-state index contributed by atoms with van der Waals surface area (Å²) in [5.74, 6) is 1.11. The Morgan fingerprint density at radius 1 is 1.24 bits per heavy atom. The minimum Gasteiger partial charge on any atom is -0.493 e. The average molecular weight is 346 g/mol. The van der Waals surface area contributed by atoms with Crippen molar-refractivity contribution >= 4 is 5.97 Å². The van der Waals surface area contributed by atoms with E-state index in [1.165, 1.54) is 0 Å². The first-order valence-electron chi connectivity index (χ1n) is 8.69. The molecule has 0 saturated carbocycles. The van der Waals surface area contributed by atoms with E-state index < -0.39 is 5.41 Å². The van der Waals surface area contributed by atoms with Crippen molar-refractivity contribution in [2.75, 3.05) is 40.0 Å². The summed E-state index contributed by atoms with van der Waals surface area (Å²) < 4.78 is 16.0.